The molecular weight excluding hydrogens is 262 g/mol. The summed E-state index contributed by atoms with van der Waals surface area (Å²) in [4.78, 5) is 19.3. The fourth-order valence-corrected chi connectivity index (χ4v) is 2.45. The van der Waals surface area contributed by atoms with Crippen molar-refractivity contribution in [1.82, 2.24) is 15.3 Å². The highest BCUT2D eigenvalue weighted by atomic mass is 16.1. The molecule has 0 saturated heterocycles. The van der Waals surface area contributed by atoms with E-state index in [2.05, 4.69) is 28.3 Å². The normalized spacial score (nSPS) is 10.7. The van der Waals surface area contributed by atoms with Crippen LogP contribution >= 0.6 is 0 Å². The molecule has 0 radical (unpaired) electrons. The van der Waals surface area contributed by atoms with Crippen LogP contribution in [0.2, 0.25) is 0 Å². The van der Waals surface area contributed by atoms with Crippen molar-refractivity contribution in [3.05, 3.63) is 65.6 Å². The smallest absolute Gasteiger partial charge is 0.224 e. The lowest BCUT2D eigenvalue weighted by Crippen LogP contribution is -2.24. The Morgan fingerprint density at radius 2 is 2.05 bits per heavy atom. The number of H-pyrrole nitrogens is 1. The standard InChI is InChI=1S/C17H17N3O/c1-12-3-2-4-15-14(11-20-17(12)15)9-16(21)19-10-13-5-7-18-8-6-13/h2-8,11,20H,9-10H2,1H3,(H,19,21). The van der Waals surface area contributed by atoms with E-state index in [1.54, 1.807) is 12.4 Å². The van der Waals surface area contributed by atoms with Gasteiger partial charge in [0.15, 0.2) is 0 Å². The van der Waals surface area contributed by atoms with E-state index in [1.165, 1.54) is 5.56 Å². The van der Waals surface area contributed by atoms with Gasteiger partial charge in [0, 0.05) is 36.0 Å². The Morgan fingerprint density at radius 1 is 1.24 bits per heavy atom. The zero-order valence-corrected chi connectivity index (χ0v) is 11.9. The van der Waals surface area contributed by atoms with Gasteiger partial charge in [-0.15, -0.1) is 0 Å². The van der Waals surface area contributed by atoms with Gasteiger partial charge >= 0.3 is 0 Å². The third kappa shape index (κ3) is 2.94. The number of amides is 1. The highest BCUT2D eigenvalue weighted by Crippen LogP contribution is 2.21. The van der Waals surface area contributed by atoms with Crippen molar-refractivity contribution in [1.29, 1.82) is 0 Å². The first-order chi connectivity index (χ1) is 10.2. The molecule has 0 fully saturated rings. The number of nitrogens with zero attached hydrogens (tertiary/aromatic N) is 1. The van der Waals surface area contributed by atoms with E-state index in [1.807, 2.05) is 30.5 Å². The third-order valence-electron chi connectivity index (χ3n) is 3.60. The van der Waals surface area contributed by atoms with Gasteiger partial charge < -0.3 is 10.3 Å². The lowest BCUT2D eigenvalue weighted by Gasteiger charge is -2.05. The average Bonchev–Trinajstić information content (AvgIpc) is 2.91. The molecule has 0 spiro atoms. The van der Waals surface area contributed by atoms with E-state index in [4.69, 9.17) is 0 Å². The molecule has 0 aliphatic carbocycles. The van der Waals surface area contributed by atoms with Gasteiger partial charge in [0.2, 0.25) is 5.91 Å². The number of para-hydroxylation sites is 1. The van der Waals surface area contributed by atoms with Crippen LogP contribution in [-0.2, 0) is 17.8 Å². The van der Waals surface area contributed by atoms with Crippen LogP contribution in [0.4, 0.5) is 0 Å². The number of hydrogen-bond donors (Lipinski definition) is 2. The Labute approximate surface area is 123 Å². The van der Waals surface area contributed by atoms with Gasteiger partial charge in [0.25, 0.3) is 0 Å². The first-order valence-electron chi connectivity index (χ1n) is 6.95. The zero-order chi connectivity index (χ0) is 14.7. The van der Waals surface area contributed by atoms with E-state index in [-0.39, 0.29) is 5.91 Å². The number of fused-ring (bicyclic) bond motifs is 1. The molecule has 0 aliphatic heterocycles. The highest BCUT2D eigenvalue weighted by molar-refractivity contribution is 5.90. The molecule has 0 saturated carbocycles. The van der Waals surface area contributed by atoms with Gasteiger partial charge in [0.1, 0.15) is 0 Å². The number of aryl methyl sites for hydroxylation is 1. The van der Waals surface area contributed by atoms with Gasteiger partial charge in [0.05, 0.1) is 6.42 Å². The predicted octanol–water partition coefficient (Wildman–Crippen LogP) is 2.73. The van der Waals surface area contributed by atoms with Crippen molar-refractivity contribution in [3.8, 4) is 0 Å². The Bertz CT molecular complexity index is 762. The maximum atomic E-state index is 12.1. The fourth-order valence-electron chi connectivity index (χ4n) is 2.45. The summed E-state index contributed by atoms with van der Waals surface area (Å²) in [6.45, 7) is 2.59. The van der Waals surface area contributed by atoms with Crippen LogP contribution in [0.5, 0.6) is 0 Å². The number of benzene rings is 1. The lowest BCUT2D eigenvalue weighted by molar-refractivity contribution is -0.120. The number of nitrogens with one attached hydrogen (secondary N) is 2. The van der Waals surface area contributed by atoms with Crippen molar-refractivity contribution >= 4 is 16.8 Å². The van der Waals surface area contributed by atoms with Crippen LogP contribution in [0, 0.1) is 6.92 Å². The maximum Gasteiger partial charge on any atom is 0.224 e. The number of rotatable bonds is 4. The first-order valence-corrected chi connectivity index (χ1v) is 6.95. The van der Waals surface area contributed by atoms with Crippen LogP contribution < -0.4 is 5.32 Å². The molecule has 2 N–H and O–H groups in total. The Hall–Kier alpha value is -2.62. The second-order valence-electron chi connectivity index (χ2n) is 5.12. The zero-order valence-electron chi connectivity index (χ0n) is 11.9. The molecule has 3 rings (SSSR count). The summed E-state index contributed by atoms with van der Waals surface area (Å²) < 4.78 is 0. The summed E-state index contributed by atoms with van der Waals surface area (Å²) in [6.07, 6.45) is 5.76. The van der Waals surface area contributed by atoms with Gasteiger partial charge in [-0.3, -0.25) is 9.78 Å². The molecule has 1 amide bonds. The molecule has 21 heavy (non-hydrogen) atoms. The molecular formula is C17H17N3O. The van der Waals surface area contributed by atoms with Crippen LogP contribution in [0.1, 0.15) is 16.7 Å². The molecule has 106 valence electrons. The van der Waals surface area contributed by atoms with Crippen LogP contribution in [0.25, 0.3) is 10.9 Å². The number of aromatic amines is 1. The Morgan fingerprint density at radius 3 is 2.86 bits per heavy atom. The number of aromatic nitrogens is 2. The summed E-state index contributed by atoms with van der Waals surface area (Å²) in [5, 5.41) is 4.06. The number of carbonyl (C=O) groups is 1. The van der Waals surface area contributed by atoms with E-state index in [0.29, 0.717) is 13.0 Å². The summed E-state index contributed by atoms with van der Waals surface area (Å²) in [5.74, 6) is 0.0224. The molecule has 0 aliphatic rings. The Balaban J connectivity index is 1.68. The molecule has 0 bridgehead atoms. The highest BCUT2D eigenvalue weighted by Gasteiger charge is 2.09. The molecule has 2 heterocycles. The Kier molecular flexibility index (Phi) is 3.69. The minimum Gasteiger partial charge on any atom is -0.361 e. The number of pyridine rings is 1. The monoisotopic (exact) mass is 279 g/mol. The molecule has 0 atom stereocenters. The molecule has 4 heteroatoms. The van der Waals surface area contributed by atoms with E-state index >= 15 is 0 Å². The van der Waals surface area contributed by atoms with Gasteiger partial charge in [-0.05, 0) is 35.7 Å². The topological polar surface area (TPSA) is 57.8 Å². The minimum absolute atomic E-state index is 0.0224. The quantitative estimate of drug-likeness (QED) is 0.771. The van der Waals surface area contributed by atoms with Crippen LogP contribution in [0.15, 0.2) is 48.9 Å². The number of carbonyl (C=O) groups excluding carboxylic acids is 1. The van der Waals surface area contributed by atoms with Gasteiger partial charge in [-0.1, -0.05) is 18.2 Å². The summed E-state index contributed by atoms with van der Waals surface area (Å²) >= 11 is 0. The van der Waals surface area contributed by atoms with Crippen molar-refractivity contribution in [2.45, 2.75) is 19.9 Å². The average molecular weight is 279 g/mol. The van der Waals surface area contributed by atoms with Crippen molar-refractivity contribution < 1.29 is 4.79 Å². The van der Waals surface area contributed by atoms with Crippen molar-refractivity contribution in [2.24, 2.45) is 0 Å². The SMILES string of the molecule is Cc1cccc2c(CC(=O)NCc3ccncc3)c[nH]c12. The minimum atomic E-state index is 0.0224. The third-order valence-corrected chi connectivity index (χ3v) is 3.60. The van der Waals surface area contributed by atoms with Crippen LogP contribution in [0.3, 0.4) is 0 Å². The maximum absolute atomic E-state index is 12.1. The van der Waals surface area contributed by atoms with Crippen LogP contribution in [-0.4, -0.2) is 15.9 Å². The largest absolute Gasteiger partial charge is 0.361 e. The second-order valence-corrected chi connectivity index (χ2v) is 5.12. The molecule has 4 nitrogen and oxygen atoms in total. The van der Waals surface area contributed by atoms with Crippen molar-refractivity contribution in [3.63, 3.8) is 0 Å². The lowest BCUT2D eigenvalue weighted by atomic mass is 10.1. The molecule has 2 aromatic heterocycles. The second kappa shape index (κ2) is 5.79. The summed E-state index contributed by atoms with van der Waals surface area (Å²) in [7, 11) is 0. The van der Waals surface area contributed by atoms with E-state index in [0.717, 1.165) is 22.0 Å². The summed E-state index contributed by atoms with van der Waals surface area (Å²) in [6, 6.07) is 9.92. The molecule has 0 unspecified atom stereocenters. The van der Waals surface area contributed by atoms with E-state index < -0.39 is 0 Å². The predicted molar refractivity (Wildman–Crippen MR) is 82.8 cm³/mol. The van der Waals surface area contributed by atoms with E-state index in [9.17, 15) is 4.79 Å². The molecule has 3 aromatic rings. The summed E-state index contributed by atoms with van der Waals surface area (Å²) in [5.41, 5.74) is 4.37. The number of hydrogen-bond acceptors (Lipinski definition) is 2. The molecule has 1 aromatic carbocycles. The van der Waals surface area contributed by atoms with Crippen molar-refractivity contribution in [2.75, 3.05) is 0 Å². The van der Waals surface area contributed by atoms with Gasteiger partial charge in [-0.25, -0.2) is 0 Å². The van der Waals surface area contributed by atoms with Gasteiger partial charge in [-0.2, -0.15) is 0 Å². The first kappa shape index (κ1) is 13.4. The fraction of sp³-hybridized carbons (Fsp3) is 0.176.